The molecule has 28 heavy (non-hydrogen) atoms. The van der Waals surface area contributed by atoms with Gasteiger partial charge in [0.2, 0.25) is 0 Å². The molecule has 6 nitrogen and oxygen atoms in total. The highest BCUT2D eigenvalue weighted by molar-refractivity contribution is 14.0. The summed E-state index contributed by atoms with van der Waals surface area (Å²) in [5.74, 6) is 1.46. The van der Waals surface area contributed by atoms with Gasteiger partial charge in [0.1, 0.15) is 5.82 Å². The van der Waals surface area contributed by atoms with Gasteiger partial charge in [-0.1, -0.05) is 12.1 Å². The van der Waals surface area contributed by atoms with Crippen LogP contribution in [0.3, 0.4) is 0 Å². The summed E-state index contributed by atoms with van der Waals surface area (Å²) in [5, 5.41) is 16.6. The van der Waals surface area contributed by atoms with Crippen LogP contribution in [0.1, 0.15) is 25.5 Å². The summed E-state index contributed by atoms with van der Waals surface area (Å²) >= 11 is 0. The van der Waals surface area contributed by atoms with Gasteiger partial charge in [-0.3, -0.25) is 0 Å². The number of hydrogen-bond acceptors (Lipinski definition) is 4. The third-order valence-electron chi connectivity index (χ3n) is 3.75. The van der Waals surface area contributed by atoms with Crippen LogP contribution < -0.4 is 20.1 Å². The van der Waals surface area contributed by atoms with Gasteiger partial charge in [-0.2, -0.15) is 0 Å². The van der Waals surface area contributed by atoms with Crippen molar-refractivity contribution in [3.05, 3.63) is 53.8 Å². The number of halogens is 2. The Labute approximate surface area is 182 Å². The highest BCUT2D eigenvalue weighted by atomic mass is 127. The Morgan fingerprint density at radius 3 is 2.46 bits per heavy atom. The van der Waals surface area contributed by atoms with Gasteiger partial charge in [-0.15, -0.1) is 24.0 Å². The van der Waals surface area contributed by atoms with E-state index in [1.807, 2.05) is 32.0 Å². The number of benzene rings is 2. The zero-order valence-corrected chi connectivity index (χ0v) is 18.6. The molecule has 0 radical (unpaired) electrons. The molecule has 0 saturated heterocycles. The number of aliphatic hydroxyl groups is 1. The molecule has 1 unspecified atom stereocenters. The minimum Gasteiger partial charge on any atom is -0.493 e. The van der Waals surface area contributed by atoms with Crippen LogP contribution in [0.2, 0.25) is 0 Å². The maximum absolute atomic E-state index is 13.0. The normalized spacial score (nSPS) is 12.0. The molecule has 0 spiro atoms. The molecule has 0 aliphatic rings. The summed E-state index contributed by atoms with van der Waals surface area (Å²) in [5.41, 5.74) is 1.38. The second-order valence-corrected chi connectivity index (χ2v) is 5.71. The number of ether oxygens (including phenoxy) is 2. The Hall–Kier alpha value is -2.07. The molecular formula is C20H27FIN3O3. The van der Waals surface area contributed by atoms with Gasteiger partial charge in [0, 0.05) is 18.3 Å². The smallest absolute Gasteiger partial charge is 0.195 e. The van der Waals surface area contributed by atoms with Gasteiger partial charge in [-0.25, -0.2) is 9.38 Å². The average Bonchev–Trinajstić information content (AvgIpc) is 2.67. The molecule has 0 amide bonds. The van der Waals surface area contributed by atoms with Crippen molar-refractivity contribution in [1.29, 1.82) is 0 Å². The molecule has 2 aromatic rings. The lowest BCUT2D eigenvalue weighted by Crippen LogP contribution is -2.31. The number of aliphatic hydroxyl groups excluding tert-OH is 1. The first-order valence-electron chi connectivity index (χ1n) is 8.87. The van der Waals surface area contributed by atoms with Gasteiger partial charge in [0.15, 0.2) is 17.5 Å². The van der Waals surface area contributed by atoms with Crippen molar-refractivity contribution in [2.24, 2.45) is 4.99 Å². The van der Waals surface area contributed by atoms with Crippen molar-refractivity contribution in [3.63, 3.8) is 0 Å². The van der Waals surface area contributed by atoms with Crippen LogP contribution in [0.15, 0.2) is 47.5 Å². The van der Waals surface area contributed by atoms with Crippen LogP contribution >= 0.6 is 24.0 Å². The minimum absolute atomic E-state index is 0. The predicted octanol–water partition coefficient (Wildman–Crippen LogP) is 3.96. The number of nitrogens with one attached hydrogen (secondary N) is 2. The lowest BCUT2D eigenvalue weighted by Gasteiger charge is -2.15. The van der Waals surface area contributed by atoms with Gasteiger partial charge < -0.3 is 25.2 Å². The van der Waals surface area contributed by atoms with Crippen LogP contribution in [0.5, 0.6) is 11.5 Å². The topological polar surface area (TPSA) is 75.1 Å². The predicted molar refractivity (Wildman–Crippen MR) is 121 cm³/mol. The lowest BCUT2D eigenvalue weighted by molar-refractivity contribution is 0.187. The first kappa shape index (κ1) is 24.0. The van der Waals surface area contributed by atoms with E-state index >= 15 is 0 Å². The van der Waals surface area contributed by atoms with Crippen LogP contribution in [0, 0.1) is 5.82 Å². The van der Waals surface area contributed by atoms with Gasteiger partial charge >= 0.3 is 0 Å². The molecule has 0 bridgehead atoms. The molecule has 0 fully saturated rings. The number of rotatable bonds is 8. The standard InChI is InChI=1S/C20H26FN3O3.HI/c1-4-22-20(23-13-17(25)14-6-8-15(21)9-7-14)24-16-10-11-18(26-3)19(12-16)27-5-2;/h6-12,17,25H,4-5,13H2,1-3H3,(H2,22,23,24);1H. The largest absolute Gasteiger partial charge is 0.493 e. The van der Waals surface area contributed by atoms with Crippen molar-refractivity contribution >= 4 is 35.6 Å². The van der Waals surface area contributed by atoms with Crippen molar-refractivity contribution in [3.8, 4) is 11.5 Å². The van der Waals surface area contributed by atoms with Crippen molar-refractivity contribution in [2.75, 3.05) is 32.1 Å². The van der Waals surface area contributed by atoms with Crippen LogP contribution in [-0.2, 0) is 0 Å². The number of hydrogen-bond donors (Lipinski definition) is 3. The van der Waals surface area contributed by atoms with Gasteiger partial charge in [0.05, 0.1) is 26.4 Å². The summed E-state index contributed by atoms with van der Waals surface area (Å²) in [6.07, 6.45) is -0.823. The molecule has 0 aromatic heterocycles. The number of methoxy groups -OCH3 is 1. The zero-order chi connectivity index (χ0) is 19.6. The highest BCUT2D eigenvalue weighted by Crippen LogP contribution is 2.30. The first-order valence-corrected chi connectivity index (χ1v) is 8.87. The number of guanidine groups is 1. The first-order chi connectivity index (χ1) is 13.1. The molecule has 3 N–H and O–H groups in total. The Bertz CT molecular complexity index is 757. The molecule has 0 heterocycles. The molecule has 0 saturated carbocycles. The summed E-state index contributed by atoms with van der Waals surface area (Å²) < 4.78 is 23.9. The monoisotopic (exact) mass is 503 g/mol. The summed E-state index contributed by atoms with van der Waals surface area (Å²) in [6.45, 7) is 5.18. The maximum atomic E-state index is 13.0. The fraction of sp³-hybridized carbons (Fsp3) is 0.350. The van der Waals surface area contributed by atoms with Crippen molar-refractivity contribution < 1.29 is 19.0 Å². The number of aliphatic imine (C=N–C) groups is 1. The van der Waals surface area contributed by atoms with E-state index in [4.69, 9.17) is 9.47 Å². The summed E-state index contributed by atoms with van der Waals surface area (Å²) in [4.78, 5) is 4.40. The average molecular weight is 503 g/mol. The molecule has 0 aliphatic heterocycles. The van der Waals surface area contributed by atoms with Crippen LogP contribution in [-0.4, -0.2) is 37.9 Å². The molecule has 1 atom stereocenters. The van der Waals surface area contributed by atoms with E-state index in [2.05, 4.69) is 15.6 Å². The minimum atomic E-state index is -0.823. The molecule has 154 valence electrons. The molecule has 0 aliphatic carbocycles. The number of nitrogens with zero attached hydrogens (tertiary/aromatic N) is 1. The van der Waals surface area contributed by atoms with Crippen molar-refractivity contribution in [1.82, 2.24) is 5.32 Å². The van der Waals surface area contributed by atoms with E-state index in [0.717, 1.165) is 5.69 Å². The van der Waals surface area contributed by atoms with E-state index in [-0.39, 0.29) is 36.3 Å². The third kappa shape index (κ3) is 7.16. The second-order valence-electron chi connectivity index (χ2n) is 5.71. The van der Waals surface area contributed by atoms with E-state index in [0.29, 0.717) is 36.2 Å². The van der Waals surface area contributed by atoms with Crippen LogP contribution in [0.4, 0.5) is 10.1 Å². The SMILES string of the molecule is CCNC(=NCC(O)c1ccc(F)cc1)Nc1ccc(OC)c(OCC)c1.I. The second kappa shape index (κ2) is 12.4. The van der Waals surface area contributed by atoms with Gasteiger partial charge in [-0.05, 0) is 43.7 Å². The maximum Gasteiger partial charge on any atom is 0.195 e. The molecule has 2 rings (SSSR count). The summed E-state index contributed by atoms with van der Waals surface area (Å²) in [7, 11) is 1.59. The number of anilines is 1. The Morgan fingerprint density at radius 1 is 1.14 bits per heavy atom. The summed E-state index contributed by atoms with van der Waals surface area (Å²) in [6, 6.07) is 11.2. The zero-order valence-electron chi connectivity index (χ0n) is 16.2. The Balaban J connectivity index is 0.00000392. The quantitative estimate of drug-likeness (QED) is 0.289. The van der Waals surface area contributed by atoms with E-state index in [1.54, 1.807) is 19.2 Å². The van der Waals surface area contributed by atoms with E-state index < -0.39 is 6.10 Å². The molecule has 2 aromatic carbocycles. The molecular weight excluding hydrogens is 476 g/mol. The Kier molecular flexibility index (Phi) is 10.6. The van der Waals surface area contributed by atoms with E-state index in [1.165, 1.54) is 12.1 Å². The lowest BCUT2D eigenvalue weighted by atomic mass is 10.1. The fourth-order valence-electron chi connectivity index (χ4n) is 2.43. The van der Waals surface area contributed by atoms with Gasteiger partial charge in [0.25, 0.3) is 0 Å². The van der Waals surface area contributed by atoms with Crippen molar-refractivity contribution in [2.45, 2.75) is 20.0 Å². The highest BCUT2D eigenvalue weighted by Gasteiger charge is 2.09. The molecule has 8 heteroatoms. The van der Waals surface area contributed by atoms with E-state index in [9.17, 15) is 9.50 Å². The fourth-order valence-corrected chi connectivity index (χ4v) is 2.43. The van der Waals surface area contributed by atoms with Crippen LogP contribution in [0.25, 0.3) is 0 Å². The Morgan fingerprint density at radius 2 is 1.86 bits per heavy atom. The third-order valence-corrected chi connectivity index (χ3v) is 3.75.